The van der Waals surface area contributed by atoms with Gasteiger partial charge < -0.3 is 19.5 Å². The van der Waals surface area contributed by atoms with Crippen LogP contribution in [0.25, 0.3) is 0 Å². The van der Waals surface area contributed by atoms with Crippen LogP contribution in [0.4, 0.5) is 5.69 Å². The zero-order valence-electron chi connectivity index (χ0n) is 18.3. The van der Waals surface area contributed by atoms with Gasteiger partial charge in [0.05, 0.1) is 21.3 Å². The van der Waals surface area contributed by atoms with Crippen molar-refractivity contribution in [2.45, 2.75) is 35.9 Å². The van der Waals surface area contributed by atoms with E-state index in [9.17, 15) is 4.79 Å². The summed E-state index contributed by atoms with van der Waals surface area (Å²) in [6.45, 7) is 3.98. The van der Waals surface area contributed by atoms with E-state index in [1.54, 1.807) is 44.4 Å². The van der Waals surface area contributed by atoms with E-state index in [1.807, 2.05) is 43.5 Å². The minimum Gasteiger partial charge on any atom is -0.493 e. The number of rotatable bonds is 9. The molecule has 1 heterocycles. The van der Waals surface area contributed by atoms with Crippen molar-refractivity contribution in [3.8, 4) is 17.2 Å². The van der Waals surface area contributed by atoms with E-state index in [1.165, 1.54) is 0 Å². The van der Waals surface area contributed by atoms with Crippen molar-refractivity contribution in [1.82, 2.24) is 4.98 Å². The largest absolute Gasteiger partial charge is 0.493 e. The molecule has 0 aliphatic heterocycles. The van der Waals surface area contributed by atoms with Gasteiger partial charge in [-0.3, -0.25) is 4.79 Å². The van der Waals surface area contributed by atoms with Crippen LogP contribution >= 0.6 is 23.1 Å². The second-order valence-corrected chi connectivity index (χ2v) is 9.05. The van der Waals surface area contributed by atoms with Crippen LogP contribution in [0.5, 0.6) is 17.2 Å². The van der Waals surface area contributed by atoms with Crippen molar-refractivity contribution in [2.75, 3.05) is 26.6 Å². The highest BCUT2D eigenvalue weighted by Gasteiger charge is 2.17. The number of hydrogen-bond acceptors (Lipinski definition) is 7. The summed E-state index contributed by atoms with van der Waals surface area (Å²) < 4.78 is 17.2. The lowest BCUT2D eigenvalue weighted by atomic mass is 10.1. The Hall–Kier alpha value is -2.71. The number of aromatic nitrogens is 1. The van der Waals surface area contributed by atoms with Crippen molar-refractivity contribution in [3.05, 3.63) is 52.5 Å². The fourth-order valence-corrected chi connectivity index (χ4v) is 5.05. The molecule has 0 fully saturated rings. The molecule has 3 aromatic rings. The third-order valence-electron chi connectivity index (χ3n) is 4.68. The number of ether oxygens (including phenoxy) is 3. The van der Waals surface area contributed by atoms with E-state index in [0.29, 0.717) is 30.1 Å². The summed E-state index contributed by atoms with van der Waals surface area (Å²) in [6.07, 6.45) is 0.839. The Morgan fingerprint density at radius 1 is 1.06 bits per heavy atom. The highest BCUT2D eigenvalue weighted by Crippen LogP contribution is 2.40. The second kappa shape index (κ2) is 10.5. The molecule has 1 aromatic heterocycles. The molecule has 0 aliphatic rings. The molecule has 1 N–H and O–H groups in total. The molecule has 0 atom stereocenters. The summed E-state index contributed by atoms with van der Waals surface area (Å²) in [5.74, 6) is 1.65. The first-order valence-electron chi connectivity index (χ1n) is 9.73. The van der Waals surface area contributed by atoms with Gasteiger partial charge in [-0.05, 0) is 55.7 Å². The predicted molar refractivity (Wildman–Crippen MR) is 125 cm³/mol. The Kier molecular flexibility index (Phi) is 7.81. The van der Waals surface area contributed by atoms with Gasteiger partial charge in [0.15, 0.2) is 15.8 Å². The lowest BCUT2D eigenvalue weighted by molar-refractivity contribution is -0.116. The molecule has 1 amide bonds. The molecule has 0 saturated heterocycles. The number of nitrogens with zero attached hydrogens (tertiary/aromatic N) is 1. The monoisotopic (exact) mass is 458 g/mol. The fourth-order valence-electron chi connectivity index (χ4n) is 3.14. The highest BCUT2D eigenvalue weighted by molar-refractivity contribution is 8.01. The SMILES string of the molecule is COc1ccc(CCC(=O)Nc2ccc(Sc3nc(C)cs3)cc2C)c(OC)c1OC. The van der Waals surface area contributed by atoms with Crippen molar-refractivity contribution >= 4 is 34.7 Å². The van der Waals surface area contributed by atoms with E-state index >= 15 is 0 Å². The van der Waals surface area contributed by atoms with E-state index < -0.39 is 0 Å². The van der Waals surface area contributed by atoms with Crippen LogP contribution in [0.2, 0.25) is 0 Å². The Morgan fingerprint density at radius 2 is 1.84 bits per heavy atom. The lowest BCUT2D eigenvalue weighted by Crippen LogP contribution is -2.13. The quantitative estimate of drug-likeness (QED) is 0.456. The first kappa shape index (κ1) is 23.0. The summed E-state index contributed by atoms with van der Waals surface area (Å²) in [5, 5.41) is 5.05. The molecule has 3 rings (SSSR count). The minimum absolute atomic E-state index is 0.0594. The molecular weight excluding hydrogens is 432 g/mol. The van der Waals surface area contributed by atoms with E-state index in [2.05, 4.69) is 16.4 Å². The molecule has 31 heavy (non-hydrogen) atoms. The van der Waals surface area contributed by atoms with Crippen molar-refractivity contribution < 1.29 is 19.0 Å². The van der Waals surface area contributed by atoms with Gasteiger partial charge in [-0.1, -0.05) is 17.8 Å². The van der Waals surface area contributed by atoms with Crippen LogP contribution in [-0.4, -0.2) is 32.2 Å². The van der Waals surface area contributed by atoms with E-state index in [-0.39, 0.29) is 5.91 Å². The summed E-state index contributed by atoms with van der Waals surface area (Å²) in [6, 6.07) is 9.72. The number of aryl methyl sites for hydroxylation is 3. The van der Waals surface area contributed by atoms with E-state index in [4.69, 9.17) is 14.2 Å². The standard InChI is InChI=1S/C23H26N2O4S2/c1-14-12-17(31-23-24-15(2)13-30-23)8-9-18(14)25-20(26)11-7-16-6-10-19(27-3)22(29-5)21(16)28-4/h6,8-10,12-13H,7,11H2,1-5H3,(H,25,26). The van der Waals surface area contributed by atoms with Crippen LogP contribution in [-0.2, 0) is 11.2 Å². The van der Waals surface area contributed by atoms with Gasteiger partial charge in [-0.15, -0.1) is 11.3 Å². The third-order valence-corrected chi connectivity index (χ3v) is 6.73. The number of hydrogen-bond donors (Lipinski definition) is 1. The molecule has 2 aromatic carbocycles. The highest BCUT2D eigenvalue weighted by atomic mass is 32.2. The first-order valence-corrected chi connectivity index (χ1v) is 11.4. The first-order chi connectivity index (χ1) is 14.9. The van der Waals surface area contributed by atoms with Crippen LogP contribution < -0.4 is 19.5 Å². The summed E-state index contributed by atoms with van der Waals surface area (Å²) in [4.78, 5) is 18.2. The second-order valence-electron chi connectivity index (χ2n) is 6.88. The molecule has 0 spiro atoms. The molecule has 0 aliphatic carbocycles. The number of amides is 1. The molecule has 6 nitrogen and oxygen atoms in total. The number of carbonyl (C=O) groups excluding carboxylic acids is 1. The van der Waals surface area contributed by atoms with Crippen LogP contribution in [0, 0.1) is 13.8 Å². The molecule has 0 unspecified atom stereocenters. The number of thiazole rings is 1. The summed E-state index contributed by atoms with van der Waals surface area (Å²) >= 11 is 3.26. The van der Waals surface area contributed by atoms with Crippen LogP contribution in [0.1, 0.15) is 23.2 Å². The van der Waals surface area contributed by atoms with Crippen LogP contribution in [0.3, 0.4) is 0 Å². The van der Waals surface area contributed by atoms with Crippen molar-refractivity contribution in [3.63, 3.8) is 0 Å². The maximum Gasteiger partial charge on any atom is 0.224 e. The molecule has 0 radical (unpaired) electrons. The number of benzene rings is 2. The summed E-state index contributed by atoms with van der Waals surface area (Å²) in [5.41, 5.74) is 3.73. The van der Waals surface area contributed by atoms with Gasteiger partial charge in [0.25, 0.3) is 0 Å². The average molecular weight is 459 g/mol. The number of methoxy groups -OCH3 is 3. The van der Waals surface area contributed by atoms with Crippen molar-refractivity contribution in [2.24, 2.45) is 0 Å². The number of carbonyl (C=O) groups is 1. The topological polar surface area (TPSA) is 69.7 Å². The molecule has 0 saturated carbocycles. The molecule has 8 heteroatoms. The zero-order valence-corrected chi connectivity index (χ0v) is 19.9. The maximum absolute atomic E-state index is 12.6. The molecule has 0 bridgehead atoms. The van der Waals surface area contributed by atoms with Crippen LogP contribution in [0.15, 0.2) is 44.9 Å². The summed E-state index contributed by atoms with van der Waals surface area (Å²) in [7, 11) is 4.72. The Balaban J connectivity index is 1.63. The lowest BCUT2D eigenvalue weighted by Gasteiger charge is -2.16. The fraction of sp³-hybridized carbons (Fsp3) is 0.304. The van der Waals surface area contributed by atoms with Gasteiger partial charge in [0.2, 0.25) is 11.7 Å². The maximum atomic E-state index is 12.6. The predicted octanol–water partition coefficient (Wildman–Crippen LogP) is 5.51. The van der Waals surface area contributed by atoms with Gasteiger partial charge in [0, 0.05) is 28.1 Å². The van der Waals surface area contributed by atoms with E-state index in [0.717, 1.165) is 31.7 Å². The molecule has 164 valence electrons. The molecular formula is C23H26N2O4S2. The zero-order chi connectivity index (χ0) is 22.4. The smallest absolute Gasteiger partial charge is 0.224 e. The average Bonchev–Trinajstić information content (AvgIpc) is 3.17. The number of anilines is 1. The Bertz CT molecular complexity index is 1070. The Labute approximate surface area is 191 Å². The van der Waals surface area contributed by atoms with Gasteiger partial charge in [-0.25, -0.2) is 4.98 Å². The van der Waals surface area contributed by atoms with Gasteiger partial charge in [-0.2, -0.15) is 0 Å². The van der Waals surface area contributed by atoms with Gasteiger partial charge in [0.1, 0.15) is 0 Å². The Morgan fingerprint density at radius 3 is 2.45 bits per heavy atom. The van der Waals surface area contributed by atoms with Crippen molar-refractivity contribution in [1.29, 1.82) is 0 Å². The third kappa shape index (κ3) is 5.71. The number of nitrogens with one attached hydrogen (secondary N) is 1. The van der Waals surface area contributed by atoms with Gasteiger partial charge >= 0.3 is 0 Å². The normalized spacial score (nSPS) is 10.6. The minimum atomic E-state index is -0.0594.